The lowest BCUT2D eigenvalue weighted by Crippen LogP contribution is -2.16. The summed E-state index contributed by atoms with van der Waals surface area (Å²) in [6.45, 7) is 4.72. The van der Waals surface area contributed by atoms with E-state index in [2.05, 4.69) is 520 Å². The molecule has 0 N–H and O–H groups in total. The second-order valence-electron chi connectivity index (χ2n) is 33.4. The van der Waals surface area contributed by atoms with Crippen molar-refractivity contribution in [2.75, 3.05) is 14.7 Å². The molecule has 0 saturated heterocycles. The Hall–Kier alpha value is -15.5. The van der Waals surface area contributed by atoms with Crippen molar-refractivity contribution in [3.8, 4) is 89.0 Å². The fraction of sp³-hybridized carbons (Fsp3) is 0.0244. The van der Waals surface area contributed by atoms with E-state index in [0.29, 0.717) is 0 Å². The number of thiophene rings is 3. The van der Waals surface area contributed by atoms with Gasteiger partial charge in [0.15, 0.2) is 0 Å². The van der Waals surface area contributed by atoms with Crippen molar-refractivity contribution in [3.63, 3.8) is 0 Å². The number of fused-ring (bicyclic) bond motifs is 12. The van der Waals surface area contributed by atoms with Gasteiger partial charge in [0.1, 0.15) is 0 Å². The van der Waals surface area contributed by atoms with Crippen molar-refractivity contribution in [2.45, 2.75) is 19.3 Å². The van der Waals surface area contributed by atoms with E-state index in [0.717, 1.165) is 51.2 Å². The lowest BCUT2D eigenvalue weighted by molar-refractivity contribution is 0.660. The van der Waals surface area contributed by atoms with Crippen LogP contribution in [0.4, 0.5) is 51.2 Å². The first-order valence-corrected chi connectivity index (χ1v) is 46.5. The van der Waals surface area contributed by atoms with Crippen LogP contribution in [-0.2, 0) is 5.41 Å². The fourth-order valence-corrected chi connectivity index (χ4v) is 22.5. The Kier molecular flexibility index (Phi) is 21.4. The molecule has 612 valence electrons. The summed E-state index contributed by atoms with van der Waals surface area (Å²) in [7, 11) is 0. The van der Waals surface area contributed by atoms with E-state index >= 15 is 0 Å². The highest BCUT2D eigenvalue weighted by Gasteiger charge is 2.36. The zero-order chi connectivity index (χ0) is 86.1. The molecule has 24 rings (SSSR count). The minimum absolute atomic E-state index is 0.0898. The molecular formula is C123H87N3S3. The van der Waals surface area contributed by atoms with Gasteiger partial charge in [-0.25, -0.2) is 0 Å². The molecule has 20 aromatic carbocycles. The highest BCUT2D eigenvalue weighted by molar-refractivity contribution is 7.27. The molecule has 0 fully saturated rings. The molecule has 3 nitrogen and oxygen atoms in total. The molecule has 3 aromatic heterocycles. The molecule has 0 bridgehead atoms. The van der Waals surface area contributed by atoms with Gasteiger partial charge in [-0.05, 0) is 211 Å². The third kappa shape index (κ3) is 15.5. The van der Waals surface area contributed by atoms with E-state index in [1.54, 1.807) is 0 Å². The van der Waals surface area contributed by atoms with Crippen LogP contribution in [0.2, 0.25) is 0 Å². The van der Waals surface area contributed by atoms with Crippen LogP contribution < -0.4 is 14.7 Å². The van der Waals surface area contributed by atoms with Gasteiger partial charge in [0.05, 0.1) is 0 Å². The maximum absolute atomic E-state index is 2.45. The zero-order valence-corrected chi connectivity index (χ0v) is 73.8. The molecule has 1 aliphatic carbocycles. The van der Waals surface area contributed by atoms with Gasteiger partial charge >= 0.3 is 0 Å². The van der Waals surface area contributed by atoms with Gasteiger partial charge in [-0.3, -0.25) is 0 Å². The second kappa shape index (κ2) is 34.8. The number of benzene rings is 20. The van der Waals surface area contributed by atoms with Crippen molar-refractivity contribution in [3.05, 3.63) is 503 Å². The summed E-state index contributed by atoms with van der Waals surface area (Å²) in [5.41, 5.74) is 32.8. The molecule has 129 heavy (non-hydrogen) atoms. The van der Waals surface area contributed by atoms with Crippen LogP contribution in [0.3, 0.4) is 0 Å². The minimum Gasteiger partial charge on any atom is -0.310 e. The summed E-state index contributed by atoms with van der Waals surface area (Å²) in [5.74, 6) is 0. The first-order valence-electron chi connectivity index (χ1n) is 44.1. The molecule has 0 radical (unpaired) electrons. The Bertz CT molecular complexity index is 7850. The summed E-state index contributed by atoms with van der Waals surface area (Å²) in [6, 6.07) is 178. The van der Waals surface area contributed by atoms with E-state index in [4.69, 9.17) is 0 Å². The molecule has 23 aromatic rings. The van der Waals surface area contributed by atoms with Gasteiger partial charge in [0.25, 0.3) is 0 Å². The number of hydrogen-bond donors (Lipinski definition) is 0. The molecule has 0 unspecified atom stereocenters. The SMILES string of the molecule is CC1(C)c2ccccc2-c2ccc(N(c3ccc(-c4ccccc4)cc3)c3cc(-c4ccccc4)c4sc5ccccc5c4c3)cc21.c1ccc(-c2ccc(N(c3ccc(-c4ccccc4)cc3)c3cc(-c4ccccc4)c4sc5ccccc5c4c3)cc2)cc1.c1ccc(-c2ccc(N(c3ccccc3)c3cc(-c4ccccc4)c4sc5ccccc5c4c3)cc2)cc1. The Balaban J connectivity index is 0.000000114. The maximum atomic E-state index is 2.45. The van der Waals surface area contributed by atoms with Gasteiger partial charge in [0.2, 0.25) is 0 Å². The molecule has 0 saturated carbocycles. The number of rotatable bonds is 16. The monoisotopic (exact) mass is 1700 g/mol. The molecule has 6 heteroatoms. The predicted molar refractivity (Wildman–Crippen MR) is 558 cm³/mol. The number of nitrogens with zero attached hydrogens (tertiary/aromatic N) is 3. The van der Waals surface area contributed by atoms with Gasteiger partial charge in [-0.15, -0.1) is 34.0 Å². The first kappa shape index (κ1) is 79.4. The highest BCUT2D eigenvalue weighted by atomic mass is 32.1. The Labute approximate surface area is 765 Å². The smallest absolute Gasteiger partial charge is 0.0475 e. The van der Waals surface area contributed by atoms with Gasteiger partial charge in [0, 0.05) is 134 Å². The van der Waals surface area contributed by atoms with Gasteiger partial charge < -0.3 is 14.7 Å². The van der Waals surface area contributed by atoms with E-state index in [-0.39, 0.29) is 5.41 Å². The highest BCUT2D eigenvalue weighted by Crippen LogP contribution is 2.54. The van der Waals surface area contributed by atoms with E-state index in [9.17, 15) is 0 Å². The zero-order valence-electron chi connectivity index (χ0n) is 71.3. The lowest BCUT2D eigenvalue weighted by atomic mass is 9.82. The quantitative estimate of drug-likeness (QED) is 0.0955. The summed E-state index contributed by atoms with van der Waals surface area (Å²) >= 11 is 5.64. The van der Waals surface area contributed by atoms with Crippen molar-refractivity contribution < 1.29 is 0 Å². The molecule has 0 spiro atoms. The average Bonchev–Trinajstić information content (AvgIpc) is 1.59. The molecule has 0 amide bonds. The summed E-state index contributed by atoms with van der Waals surface area (Å²) in [6.07, 6.45) is 0. The predicted octanol–water partition coefficient (Wildman–Crippen LogP) is 36.5. The van der Waals surface area contributed by atoms with Crippen molar-refractivity contribution in [1.82, 2.24) is 0 Å². The summed E-state index contributed by atoms with van der Waals surface area (Å²) in [4.78, 5) is 7.21. The van der Waals surface area contributed by atoms with Crippen LogP contribution in [-0.4, -0.2) is 0 Å². The van der Waals surface area contributed by atoms with Crippen LogP contribution in [0, 0.1) is 0 Å². The Morgan fingerprint density at radius 2 is 0.388 bits per heavy atom. The Morgan fingerprint density at radius 3 is 0.705 bits per heavy atom. The molecular weight excluding hydrogens is 1620 g/mol. The molecule has 0 aliphatic heterocycles. The van der Waals surface area contributed by atoms with Gasteiger partial charge in [-0.2, -0.15) is 0 Å². The first-order chi connectivity index (χ1) is 63.7. The third-order valence-corrected chi connectivity index (χ3v) is 28.8. The largest absolute Gasteiger partial charge is 0.310 e. The molecule has 3 heterocycles. The normalized spacial score (nSPS) is 11.9. The second-order valence-corrected chi connectivity index (χ2v) is 36.6. The number of anilines is 9. The summed E-state index contributed by atoms with van der Waals surface area (Å²) in [5, 5.41) is 7.78. The van der Waals surface area contributed by atoms with Crippen LogP contribution in [0.1, 0.15) is 25.0 Å². The fourth-order valence-electron chi connectivity index (χ4n) is 18.8. The minimum atomic E-state index is -0.0898. The van der Waals surface area contributed by atoms with Crippen LogP contribution >= 0.6 is 34.0 Å². The van der Waals surface area contributed by atoms with Crippen molar-refractivity contribution in [1.29, 1.82) is 0 Å². The topological polar surface area (TPSA) is 9.72 Å². The van der Waals surface area contributed by atoms with E-state index < -0.39 is 0 Å². The lowest BCUT2D eigenvalue weighted by Gasteiger charge is -2.29. The molecule has 1 aliphatic rings. The number of para-hydroxylation sites is 1. The van der Waals surface area contributed by atoms with Crippen LogP contribution in [0.25, 0.3) is 150 Å². The Morgan fingerprint density at radius 1 is 0.155 bits per heavy atom. The van der Waals surface area contributed by atoms with Crippen LogP contribution in [0.5, 0.6) is 0 Å². The molecule has 0 atom stereocenters. The standard InChI is InChI=1S/C45H33NS.C42H29NS.C36H25NS/c1-45(2)41-19-11-9-17-36(41)37-26-25-34(29-42(37)45)46(33-23-21-31(22-24-33)30-13-5-3-6-14-30)35-27-39(32-15-7-4-8-16-32)44-40(28-35)38-18-10-12-20-43(38)47-44;1-4-12-30(13-5-1)32-20-24-35(25-21-32)43(36-26-22-33(23-27-36)31-14-6-2-7-15-31)37-28-39(34-16-8-3-9-17-34)42-40(29-37)38-18-10-11-19-41(38)44-42;1-4-12-26(13-5-1)27-20-22-30(23-21-27)37(29-16-8-3-9-17-29)31-24-33(28-14-6-2-7-15-28)36-34(25-31)32-18-10-11-19-35(32)38-36/h3-29H,1-2H3;1-29H;1-25H. The van der Waals surface area contributed by atoms with Crippen molar-refractivity contribution >= 4 is 146 Å². The van der Waals surface area contributed by atoms with Crippen molar-refractivity contribution in [2.24, 2.45) is 0 Å². The third-order valence-electron chi connectivity index (χ3n) is 25.2. The average molecular weight is 1700 g/mol. The number of hydrogen-bond acceptors (Lipinski definition) is 6. The summed E-state index contributed by atoms with van der Waals surface area (Å²) < 4.78 is 7.91. The van der Waals surface area contributed by atoms with E-state index in [1.165, 1.54) is 161 Å². The van der Waals surface area contributed by atoms with E-state index in [1.807, 2.05) is 34.0 Å². The van der Waals surface area contributed by atoms with Crippen LogP contribution in [0.15, 0.2) is 491 Å². The van der Waals surface area contributed by atoms with Gasteiger partial charge in [-0.1, -0.05) is 378 Å². The maximum Gasteiger partial charge on any atom is 0.0475 e.